The van der Waals surface area contributed by atoms with E-state index in [2.05, 4.69) is 10.3 Å². The van der Waals surface area contributed by atoms with Gasteiger partial charge in [-0.1, -0.05) is 26.0 Å². The van der Waals surface area contributed by atoms with E-state index < -0.39 is 0 Å². The van der Waals surface area contributed by atoms with Crippen molar-refractivity contribution in [3.8, 4) is 0 Å². The summed E-state index contributed by atoms with van der Waals surface area (Å²) in [6.45, 7) is 4.06. The molecule has 1 amide bonds. The number of carbonyl (C=O) groups excluding carboxylic acids is 1. The van der Waals surface area contributed by atoms with Crippen LogP contribution in [0.2, 0.25) is 0 Å². The van der Waals surface area contributed by atoms with Crippen LogP contribution in [0.25, 0.3) is 0 Å². The maximum atomic E-state index is 12.9. The van der Waals surface area contributed by atoms with E-state index in [9.17, 15) is 9.18 Å². The Hall–Kier alpha value is -1.79. The fraction of sp³-hybridized carbons (Fsp3) is 0.412. The number of amides is 1. The van der Waals surface area contributed by atoms with Gasteiger partial charge in [0.2, 0.25) is 0 Å². The molecule has 0 spiro atoms. The second kappa shape index (κ2) is 8.17. The van der Waals surface area contributed by atoms with Gasteiger partial charge in [-0.25, -0.2) is 9.37 Å². The number of rotatable bonds is 7. The van der Waals surface area contributed by atoms with Crippen LogP contribution in [-0.4, -0.2) is 28.6 Å². The molecule has 1 heterocycles. The second-order valence-electron chi connectivity index (χ2n) is 5.76. The number of benzene rings is 1. The van der Waals surface area contributed by atoms with Gasteiger partial charge in [0, 0.05) is 19.1 Å². The van der Waals surface area contributed by atoms with Crippen molar-refractivity contribution in [3.05, 3.63) is 51.7 Å². The zero-order valence-corrected chi connectivity index (χ0v) is 14.1. The van der Waals surface area contributed by atoms with Crippen LogP contribution in [0.15, 0.2) is 30.5 Å². The van der Waals surface area contributed by atoms with Gasteiger partial charge < -0.3 is 10.4 Å². The van der Waals surface area contributed by atoms with Crippen LogP contribution in [0.4, 0.5) is 4.39 Å². The molecule has 0 aliphatic carbocycles. The minimum Gasteiger partial charge on any atom is -0.396 e. The quantitative estimate of drug-likeness (QED) is 0.817. The molecule has 1 aromatic carbocycles. The number of hydrogen-bond acceptors (Lipinski definition) is 4. The summed E-state index contributed by atoms with van der Waals surface area (Å²) in [7, 11) is 0. The summed E-state index contributed by atoms with van der Waals surface area (Å²) in [5.74, 6) is -0.186. The maximum Gasteiger partial charge on any atom is 0.263 e. The molecule has 0 fully saturated rings. The number of aliphatic hydroxyl groups excluding tert-OH is 1. The van der Waals surface area contributed by atoms with Crippen molar-refractivity contribution in [2.75, 3.05) is 6.61 Å². The van der Waals surface area contributed by atoms with E-state index in [1.807, 2.05) is 13.8 Å². The molecule has 6 heteroatoms. The molecular weight excluding hydrogens is 315 g/mol. The maximum absolute atomic E-state index is 12.9. The van der Waals surface area contributed by atoms with E-state index in [0.29, 0.717) is 17.7 Å². The minimum absolute atomic E-state index is 0.0433. The van der Waals surface area contributed by atoms with Gasteiger partial charge in [-0.05, 0) is 30.0 Å². The topological polar surface area (TPSA) is 62.2 Å². The number of hydrogen-bond donors (Lipinski definition) is 2. The molecule has 1 aromatic heterocycles. The summed E-state index contributed by atoms with van der Waals surface area (Å²) in [6, 6.07) is 6.20. The van der Waals surface area contributed by atoms with Crippen molar-refractivity contribution in [2.24, 2.45) is 5.92 Å². The fourth-order valence-corrected chi connectivity index (χ4v) is 3.08. The van der Waals surface area contributed by atoms with Crippen LogP contribution in [0.3, 0.4) is 0 Å². The molecule has 124 valence electrons. The number of aliphatic hydroxyl groups is 1. The van der Waals surface area contributed by atoms with Crippen LogP contribution in [0, 0.1) is 11.7 Å². The van der Waals surface area contributed by atoms with Gasteiger partial charge >= 0.3 is 0 Å². The Kier molecular flexibility index (Phi) is 6.24. The zero-order valence-electron chi connectivity index (χ0n) is 13.3. The van der Waals surface area contributed by atoms with Gasteiger partial charge in [-0.15, -0.1) is 11.3 Å². The highest BCUT2D eigenvalue weighted by Crippen LogP contribution is 2.18. The van der Waals surface area contributed by atoms with Gasteiger partial charge in [0.1, 0.15) is 10.7 Å². The van der Waals surface area contributed by atoms with Gasteiger partial charge in [-0.2, -0.15) is 0 Å². The van der Waals surface area contributed by atoms with Gasteiger partial charge in [-0.3, -0.25) is 4.79 Å². The first-order valence-corrected chi connectivity index (χ1v) is 8.42. The summed E-state index contributed by atoms with van der Waals surface area (Å²) in [5.41, 5.74) is 0.952. The molecule has 0 bridgehead atoms. The number of carbonyl (C=O) groups is 1. The van der Waals surface area contributed by atoms with Crippen molar-refractivity contribution in [2.45, 2.75) is 32.7 Å². The van der Waals surface area contributed by atoms with Gasteiger partial charge in [0.25, 0.3) is 5.91 Å². The van der Waals surface area contributed by atoms with E-state index in [1.54, 1.807) is 18.3 Å². The van der Waals surface area contributed by atoms with Crippen LogP contribution < -0.4 is 5.32 Å². The molecule has 4 nitrogen and oxygen atoms in total. The van der Waals surface area contributed by atoms with Crippen molar-refractivity contribution >= 4 is 17.2 Å². The van der Waals surface area contributed by atoms with Crippen molar-refractivity contribution in [3.63, 3.8) is 0 Å². The lowest BCUT2D eigenvalue weighted by molar-refractivity contribution is 0.0920. The van der Waals surface area contributed by atoms with Crippen LogP contribution >= 0.6 is 11.3 Å². The molecule has 2 aromatic rings. The average molecular weight is 336 g/mol. The lowest BCUT2D eigenvalue weighted by Crippen LogP contribution is -2.38. The van der Waals surface area contributed by atoms with E-state index >= 15 is 0 Å². The molecule has 0 saturated carbocycles. The van der Waals surface area contributed by atoms with E-state index in [-0.39, 0.29) is 30.3 Å². The molecule has 2 rings (SSSR count). The summed E-state index contributed by atoms with van der Waals surface area (Å²) in [6.07, 6.45) is 2.67. The molecule has 1 atom stereocenters. The van der Waals surface area contributed by atoms with Gasteiger partial charge in [0.15, 0.2) is 0 Å². The molecule has 0 saturated heterocycles. The van der Waals surface area contributed by atoms with Crippen molar-refractivity contribution in [1.29, 1.82) is 0 Å². The smallest absolute Gasteiger partial charge is 0.263 e. The molecule has 23 heavy (non-hydrogen) atoms. The Morgan fingerprint density at radius 2 is 2.04 bits per heavy atom. The summed E-state index contributed by atoms with van der Waals surface area (Å²) in [5, 5.41) is 12.8. The Morgan fingerprint density at radius 1 is 1.35 bits per heavy atom. The standard InChI is InChI=1S/C17H21FN2O2S/c1-11(2)14(7-8-21)20-17(22)15-10-19-16(23-15)9-12-3-5-13(18)6-4-12/h3-6,10-11,14,21H,7-9H2,1-2H3,(H,20,22). The third kappa shape index (κ3) is 5.11. The normalized spacial score (nSPS) is 12.4. The summed E-state index contributed by atoms with van der Waals surface area (Å²) < 4.78 is 12.9. The van der Waals surface area contributed by atoms with E-state index in [4.69, 9.17) is 5.11 Å². The number of aromatic nitrogens is 1. The number of thiazole rings is 1. The first-order valence-electron chi connectivity index (χ1n) is 7.60. The fourth-order valence-electron chi connectivity index (χ4n) is 2.22. The second-order valence-corrected chi connectivity index (χ2v) is 6.87. The summed E-state index contributed by atoms with van der Waals surface area (Å²) >= 11 is 1.33. The molecular formula is C17H21FN2O2S. The highest BCUT2D eigenvalue weighted by molar-refractivity contribution is 7.13. The Labute approximate surface area is 139 Å². The molecule has 0 radical (unpaired) electrons. The summed E-state index contributed by atoms with van der Waals surface area (Å²) in [4.78, 5) is 17.1. The van der Waals surface area contributed by atoms with E-state index in [0.717, 1.165) is 10.6 Å². The average Bonchev–Trinajstić information content (AvgIpc) is 2.97. The minimum atomic E-state index is -0.267. The number of nitrogens with zero attached hydrogens (tertiary/aromatic N) is 1. The van der Waals surface area contributed by atoms with Gasteiger partial charge in [0.05, 0.1) is 11.2 Å². The first-order chi connectivity index (χ1) is 11.0. The lowest BCUT2D eigenvalue weighted by Gasteiger charge is -2.20. The Bertz CT molecular complexity index is 640. The predicted octanol–water partition coefficient (Wildman–Crippen LogP) is 3.01. The predicted molar refractivity (Wildman–Crippen MR) is 89.1 cm³/mol. The van der Waals surface area contributed by atoms with E-state index in [1.165, 1.54) is 23.5 Å². The SMILES string of the molecule is CC(C)C(CCO)NC(=O)c1cnc(Cc2ccc(F)cc2)s1. The Balaban J connectivity index is 2.00. The van der Waals surface area contributed by atoms with Crippen LogP contribution in [-0.2, 0) is 6.42 Å². The monoisotopic (exact) mass is 336 g/mol. The number of nitrogens with one attached hydrogen (secondary N) is 1. The molecule has 0 aliphatic rings. The highest BCUT2D eigenvalue weighted by Gasteiger charge is 2.18. The van der Waals surface area contributed by atoms with Crippen LogP contribution in [0.1, 0.15) is 40.5 Å². The van der Waals surface area contributed by atoms with Crippen LogP contribution in [0.5, 0.6) is 0 Å². The third-order valence-electron chi connectivity index (χ3n) is 3.61. The van der Waals surface area contributed by atoms with Crippen molar-refractivity contribution < 1.29 is 14.3 Å². The third-order valence-corrected chi connectivity index (χ3v) is 4.60. The zero-order chi connectivity index (χ0) is 16.8. The van der Waals surface area contributed by atoms with Crippen molar-refractivity contribution in [1.82, 2.24) is 10.3 Å². The molecule has 0 aliphatic heterocycles. The first kappa shape index (κ1) is 17.6. The highest BCUT2D eigenvalue weighted by atomic mass is 32.1. The number of halogens is 1. The lowest BCUT2D eigenvalue weighted by atomic mass is 10.0. The largest absolute Gasteiger partial charge is 0.396 e. The molecule has 2 N–H and O–H groups in total. The molecule has 1 unspecified atom stereocenters. The Morgan fingerprint density at radius 3 is 2.65 bits per heavy atom.